The number of aromatic nitrogens is 1. The molecule has 1 atom stereocenters. The summed E-state index contributed by atoms with van der Waals surface area (Å²) in [6, 6.07) is 24.8. The fourth-order valence-corrected chi connectivity index (χ4v) is 2.61. The van der Waals surface area contributed by atoms with Gasteiger partial charge in [0.05, 0.1) is 4.90 Å². The van der Waals surface area contributed by atoms with Gasteiger partial charge >= 0.3 is 0 Å². The number of hydrogen-bond acceptors (Lipinski definition) is 4. The largest absolute Gasteiger partial charge is 0.744 e. The topological polar surface area (TPSA) is 84.9 Å². The van der Waals surface area contributed by atoms with Crippen molar-refractivity contribution in [1.82, 2.24) is 0 Å². The first-order chi connectivity index (χ1) is 12.0. The van der Waals surface area contributed by atoms with Crippen molar-refractivity contribution >= 4 is 10.1 Å². The molecule has 1 heterocycles. The van der Waals surface area contributed by atoms with Crippen LogP contribution in [0.1, 0.15) is 11.6 Å². The number of benzene rings is 2. The molecule has 126 valence electrons. The lowest BCUT2D eigenvalue weighted by atomic mass is 10.1. The van der Waals surface area contributed by atoms with Crippen LogP contribution in [0.3, 0.4) is 0 Å². The second-order valence-corrected chi connectivity index (χ2v) is 6.41. The molecule has 0 aliphatic heterocycles. The van der Waals surface area contributed by atoms with Crippen LogP contribution in [-0.4, -0.2) is 13.0 Å². The molecule has 0 N–H and O–H groups in total. The highest BCUT2D eigenvalue weighted by atomic mass is 32.2. The Morgan fingerprint density at radius 1 is 0.840 bits per heavy atom. The van der Waals surface area contributed by atoms with Crippen molar-refractivity contribution in [2.24, 2.45) is 0 Å². The standard InChI is InChI=1S/C13H11N2.C6H6O3S/c14-11-13(12-7-3-1-4-8-12)15-9-5-2-6-10-15;7-10(8,9)6-4-2-1-3-5-6/h1-10,13H;1-5H,(H,7,8,9)/q+1;/p-1. The van der Waals surface area contributed by atoms with E-state index in [1.807, 2.05) is 65.5 Å². The molecule has 0 saturated carbocycles. The normalized spacial score (nSPS) is 11.5. The first-order valence-corrected chi connectivity index (χ1v) is 8.84. The van der Waals surface area contributed by atoms with Crippen molar-refractivity contribution in [3.05, 3.63) is 96.8 Å². The summed E-state index contributed by atoms with van der Waals surface area (Å²) in [5, 5.41) is 9.16. The van der Waals surface area contributed by atoms with E-state index in [1.165, 1.54) is 24.3 Å². The predicted octanol–water partition coefficient (Wildman–Crippen LogP) is 2.68. The number of nitrogens with zero attached hydrogens (tertiary/aromatic N) is 2. The monoisotopic (exact) mass is 352 g/mol. The molecule has 3 aromatic rings. The van der Waals surface area contributed by atoms with E-state index in [0.29, 0.717) is 0 Å². The quantitative estimate of drug-likeness (QED) is 0.536. The number of nitriles is 1. The molecular formula is C19H16N2O3S. The minimum atomic E-state index is -4.25. The highest BCUT2D eigenvalue weighted by Crippen LogP contribution is 2.10. The molecule has 0 aliphatic carbocycles. The van der Waals surface area contributed by atoms with Crippen molar-refractivity contribution in [2.75, 3.05) is 0 Å². The smallest absolute Gasteiger partial charge is 0.269 e. The van der Waals surface area contributed by atoms with Crippen molar-refractivity contribution in [3.8, 4) is 6.07 Å². The van der Waals surface area contributed by atoms with Crippen molar-refractivity contribution in [1.29, 1.82) is 5.26 Å². The maximum absolute atomic E-state index is 10.3. The molecule has 0 radical (unpaired) electrons. The third-order valence-electron chi connectivity index (χ3n) is 3.31. The minimum absolute atomic E-state index is 0.185. The average molecular weight is 352 g/mol. The Hall–Kier alpha value is -3.01. The molecule has 1 unspecified atom stereocenters. The van der Waals surface area contributed by atoms with Crippen LogP contribution in [0.4, 0.5) is 0 Å². The van der Waals surface area contributed by atoms with Gasteiger partial charge in [-0.2, -0.15) is 9.83 Å². The zero-order valence-corrected chi connectivity index (χ0v) is 14.1. The van der Waals surface area contributed by atoms with Crippen LogP contribution < -0.4 is 4.57 Å². The Kier molecular flexibility index (Phi) is 6.40. The third-order valence-corrected chi connectivity index (χ3v) is 4.16. The Labute approximate surface area is 147 Å². The van der Waals surface area contributed by atoms with Crippen LogP contribution in [0.15, 0.2) is 96.2 Å². The first-order valence-electron chi connectivity index (χ1n) is 7.43. The fraction of sp³-hybridized carbons (Fsp3) is 0.0526. The SMILES string of the molecule is N#CC(c1ccccc1)[n+]1ccccc1.O=S(=O)([O-])c1ccccc1. The molecule has 3 rings (SSSR count). The molecule has 6 heteroatoms. The maximum Gasteiger partial charge on any atom is 0.269 e. The summed E-state index contributed by atoms with van der Waals surface area (Å²) >= 11 is 0. The van der Waals surface area contributed by atoms with Crippen LogP contribution >= 0.6 is 0 Å². The van der Waals surface area contributed by atoms with E-state index in [9.17, 15) is 13.0 Å². The van der Waals surface area contributed by atoms with Crippen LogP contribution in [0.25, 0.3) is 0 Å². The van der Waals surface area contributed by atoms with Gasteiger partial charge in [-0.25, -0.2) is 8.42 Å². The molecule has 2 aromatic carbocycles. The van der Waals surface area contributed by atoms with E-state index >= 15 is 0 Å². The van der Waals surface area contributed by atoms with Gasteiger partial charge in [-0.05, 0) is 12.1 Å². The Morgan fingerprint density at radius 2 is 1.32 bits per heavy atom. The van der Waals surface area contributed by atoms with E-state index < -0.39 is 10.1 Å². The van der Waals surface area contributed by atoms with Gasteiger partial charge in [-0.15, -0.1) is 0 Å². The number of rotatable bonds is 3. The first kappa shape index (κ1) is 18.3. The molecule has 0 bridgehead atoms. The molecular weight excluding hydrogens is 336 g/mol. The summed E-state index contributed by atoms with van der Waals surface area (Å²) in [6.45, 7) is 0. The van der Waals surface area contributed by atoms with Gasteiger partial charge in [0.15, 0.2) is 12.4 Å². The molecule has 5 nitrogen and oxygen atoms in total. The van der Waals surface area contributed by atoms with Crippen molar-refractivity contribution in [3.63, 3.8) is 0 Å². The fourth-order valence-electron chi connectivity index (χ4n) is 2.12. The molecule has 0 fully saturated rings. The number of hydrogen-bond donors (Lipinski definition) is 0. The maximum atomic E-state index is 10.3. The van der Waals surface area contributed by atoms with E-state index in [2.05, 4.69) is 6.07 Å². The molecule has 1 aromatic heterocycles. The molecule has 0 spiro atoms. The molecule has 25 heavy (non-hydrogen) atoms. The van der Waals surface area contributed by atoms with Crippen molar-refractivity contribution < 1.29 is 17.5 Å². The Bertz CT molecular complexity index is 883. The number of pyridine rings is 1. The Morgan fingerprint density at radius 3 is 1.76 bits per heavy atom. The summed E-state index contributed by atoms with van der Waals surface area (Å²) in [7, 11) is -4.25. The average Bonchev–Trinajstić information content (AvgIpc) is 2.65. The van der Waals surface area contributed by atoms with Crippen molar-refractivity contribution in [2.45, 2.75) is 10.9 Å². The molecule has 0 saturated heterocycles. The van der Waals surface area contributed by atoms with Gasteiger partial charge in [-0.3, -0.25) is 0 Å². The van der Waals surface area contributed by atoms with Gasteiger partial charge in [-0.1, -0.05) is 54.6 Å². The van der Waals surface area contributed by atoms with Gasteiger partial charge in [0.1, 0.15) is 16.2 Å². The van der Waals surface area contributed by atoms with E-state index in [1.54, 1.807) is 6.07 Å². The zero-order valence-electron chi connectivity index (χ0n) is 13.3. The summed E-state index contributed by atoms with van der Waals surface area (Å²) in [5.74, 6) is 0. The lowest BCUT2D eigenvalue weighted by Crippen LogP contribution is -2.38. The third kappa shape index (κ3) is 5.53. The van der Waals surface area contributed by atoms with Gasteiger partial charge in [0.25, 0.3) is 6.04 Å². The predicted molar refractivity (Wildman–Crippen MR) is 91.2 cm³/mol. The second kappa shape index (κ2) is 8.73. The van der Waals surface area contributed by atoms with E-state index in [4.69, 9.17) is 5.26 Å². The zero-order chi connectivity index (χ0) is 18.1. The second-order valence-electron chi connectivity index (χ2n) is 5.03. The van der Waals surface area contributed by atoms with E-state index in [0.717, 1.165) is 5.56 Å². The summed E-state index contributed by atoms with van der Waals surface area (Å²) in [6.07, 6.45) is 3.81. The summed E-state index contributed by atoms with van der Waals surface area (Å²) in [4.78, 5) is -0.185. The summed E-state index contributed by atoms with van der Waals surface area (Å²) in [5.41, 5.74) is 1.01. The summed E-state index contributed by atoms with van der Waals surface area (Å²) < 4.78 is 32.7. The molecule has 0 aliphatic rings. The minimum Gasteiger partial charge on any atom is -0.744 e. The Balaban J connectivity index is 0.000000196. The van der Waals surface area contributed by atoms with Crippen LogP contribution in [0.5, 0.6) is 0 Å². The lowest BCUT2D eigenvalue weighted by molar-refractivity contribution is -0.701. The lowest BCUT2D eigenvalue weighted by Gasteiger charge is -2.04. The highest BCUT2D eigenvalue weighted by molar-refractivity contribution is 7.85. The highest BCUT2D eigenvalue weighted by Gasteiger charge is 2.18. The van der Waals surface area contributed by atoms with Gasteiger partial charge < -0.3 is 4.55 Å². The van der Waals surface area contributed by atoms with E-state index in [-0.39, 0.29) is 10.9 Å². The van der Waals surface area contributed by atoms with Gasteiger partial charge in [0, 0.05) is 17.7 Å². The molecule has 0 amide bonds. The van der Waals surface area contributed by atoms with Crippen LogP contribution in [0.2, 0.25) is 0 Å². The van der Waals surface area contributed by atoms with Crippen LogP contribution in [0, 0.1) is 11.3 Å². The van der Waals surface area contributed by atoms with Crippen LogP contribution in [-0.2, 0) is 10.1 Å². The van der Waals surface area contributed by atoms with Gasteiger partial charge in [0.2, 0.25) is 0 Å².